The number of nitro benzene ring substituents is 1. The molecule has 1 amide bonds. The summed E-state index contributed by atoms with van der Waals surface area (Å²) in [6.45, 7) is 3.39. The van der Waals surface area contributed by atoms with Crippen LogP contribution in [0.1, 0.15) is 43.5 Å². The van der Waals surface area contributed by atoms with Gasteiger partial charge in [-0.05, 0) is 45.2 Å². The van der Waals surface area contributed by atoms with Gasteiger partial charge in [-0.3, -0.25) is 14.9 Å². The number of piperidine rings is 1. The predicted octanol–water partition coefficient (Wildman–Crippen LogP) is 1.94. The fourth-order valence-electron chi connectivity index (χ4n) is 3.30. The van der Waals surface area contributed by atoms with Gasteiger partial charge in [-0.1, -0.05) is 0 Å². The molecular weight excluding hydrogens is 376 g/mol. The normalized spacial score (nSPS) is 20.2. The average Bonchev–Trinajstić information content (AvgIpc) is 2.58. The first-order valence-corrected chi connectivity index (χ1v) is 10.4. The number of amides is 1. The first kappa shape index (κ1) is 20.8. The van der Waals surface area contributed by atoms with Gasteiger partial charge in [-0.2, -0.15) is 0 Å². The largest absolute Gasteiger partial charge is 0.452 e. The molecule has 1 heterocycles. The monoisotopic (exact) mass is 398 g/mol. The number of carbonyl (C=O) groups is 2. The molecule has 1 aromatic carbocycles. The van der Waals surface area contributed by atoms with Crippen LogP contribution in [0, 0.1) is 10.1 Å². The third-order valence-electron chi connectivity index (χ3n) is 4.60. The number of hydrogen-bond donors (Lipinski definition) is 0. The van der Waals surface area contributed by atoms with E-state index in [1.165, 1.54) is 0 Å². The summed E-state index contributed by atoms with van der Waals surface area (Å²) in [5, 5.41) is 11.1. The summed E-state index contributed by atoms with van der Waals surface area (Å²) >= 11 is 0. The second kappa shape index (κ2) is 8.03. The van der Waals surface area contributed by atoms with Crippen LogP contribution in [0.4, 0.5) is 5.69 Å². The predicted molar refractivity (Wildman–Crippen MR) is 96.1 cm³/mol. The molecule has 1 fully saturated rings. The van der Waals surface area contributed by atoms with Crippen molar-refractivity contribution in [2.75, 3.05) is 12.9 Å². The van der Waals surface area contributed by atoms with Crippen LogP contribution in [-0.2, 0) is 19.4 Å². The Morgan fingerprint density at radius 3 is 2.37 bits per heavy atom. The second-order valence-corrected chi connectivity index (χ2v) is 8.70. The van der Waals surface area contributed by atoms with Gasteiger partial charge in [0.2, 0.25) is 0 Å². The summed E-state index contributed by atoms with van der Waals surface area (Å²) in [6.07, 6.45) is 3.63. The summed E-state index contributed by atoms with van der Waals surface area (Å²) in [4.78, 5) is 36.0. The van der Waals surface area contributed by atoms with Crippen molar-refractivity contribution < 1.29 is 27.7 Å². The van der Waals surface area contributed by atoms with Crippen LogP contribution in [0.15, 0.2) is 23.1 Å². The minimum Gasteiger partial charge on any atom is -0.452 e. The highest BCUT2D eigenvalue weighted by Crippen LogP contribution is 2.26. The van der Waals surface area contributed by atoms with Crippen molar-refractivity contribution in [1.29, 1.82) is 0 Å². The summed E-state index contributed by atoms with van der Waals surface area (Å²) < 4.78 is 28.2. The Morgan fingerprint density at radius 2 is 1.85 bits per heavy atom. The van der Waals surface area contributed by atoms with Crippen molar-refractivity contribution in [3.8, 4) is 0 Å². The summed E-state index contributed by atoms with van der Waals surface area (Å²) in [5.41, 5.74) is -0.904. The minimum absolute atomic E-state index is 0.0510. The lowest BCUT2D eigenvalue weighted by atomic mass is 9.97. The van der Waals surface area contributed by atoms with Gasteiger partial charge in [0.05, 0.1) is 10.5 Å². The SMILES string of the molecule is C[C@@H]1CCC[C@@H](C)N1C(=O)COC(=O)c1ccc(S(C)(=O)=O)c([N+](=O)[O-])c1. The second-order valence-electron chi connectivity index (χ2n) is 6.72. The molecule has 1 aliphatic rings. The fourth-order valence-corrected chi connectivity index (χ4v) is 4.13. The van der Waals surface area contributed by atoms with Crippen LogP contribution in [0.5, 0.6) is 0 Å². The average molecular weight is 398 g/mol. The molecule has 1 aromatic rings. The van der Waals surface area contributed by atoms with Crippen LogP contribution in [0.3, 0.4) is 0 Å². The molecule has 0 bridgehead atoms. The van der Waals surface area contributed by atoms with E-state index in [4.69, 9.17) is 4.74 Å². The number of carbonyl (C=O) groups excluding carboxylic acids is 2. The first-order valence-electron chi connectivity index (χ1n) is 8.49. The topological polar surface area (TPSA) is 124 Å². The van der Waals surface area contributed by atoms with E-state index in [9.17, 15) is 28.1 Å². The van der Waals surface area contributed by atoms with Crippen molar-refractivity contribution >= 4 is 27.4 Å². The van der Waals surface area contributed by atoms with Crippen molar-refractivity contribution in [3.05, 3.63) is 33.9 Å². The van der Waals surface area contributed by atoms with Crippen LogP contribution in [0.2, 0.25) is 0 Å². The number of nitrogens with zero attached hydrogens (tertiary/aromatic N) is 2. The Balaban J connectivity index is 2.13. The van der Waals surface area contributed by atoms with E-state index in [0.717, 1.165) is 43.7 Å². The Morgan fingerprint density at radius 1 is 1.26 bits per heavy atom. The van der Waals surface area contributed by atoms with E-state index in [-0.39, 0.29) is 23.6 Å². The number of ether oxygens (including phenoxy) is 1. The molecule has 0 unspecified atom stereocenters. The number of nitro groups is 1. The van der Waals surface area contributed by atoms with Crippen LogP contribution in [-0.4, -0.2) is 55.1 Å². The smallest absolute Gasteiger partial charge is 0.338 e. The third-order valence-corrected chi connectivity index (χ3v) is 5.74. The molecule has 0 aromatic heterocycles. The molecule has 0 radical (unpaired) electrons. The number of hydrogen-bond acceptors (Lipinski definition) is 7. The maximum absolute atomic E-state index is 12.4. The molecule has 0 N–H and O–H groups in total. The van der Waals surface area contributed by atoms with Crippen molar-refractivity contribution in [3.63, 3.8) is 0 Å². The highest BCUT2D eigenvalue weighted by molar-refractivity contribution is 7.90. The molecule has 2 rings (SSSR count). The lowest BCUT2D eigenvalue weighted by Gasteiger charge is -2.38. The van der Waals surface area contributed by atoms with Crippen LogP contribution < -0.4 is 0 Å². The maximum atomic E-state index is 12.4. The number of sulfone groups is 1. The summed E-state index contributed by atoms with van der Waals surface area (Å²) in [6, 6.07) is 3.06. The number of likely N-dealkylation sites (tertiary alicyclic amines) is 1. The van der Waals surface area contributed by atoms with Gasteiger partial charge in [0, 0.05) is 24.4 Å². The minimum atomic E-state index is -3.83. The molecule has 148 valence electrons. The van der Waals surface area contributed by atoms with Crippen LogP contribution in [0.25, 0.3) is 0 Å². The van der Waals surface area contributed by atoms with Gasteiger partial charge < -0.3 is 9.64 Å². The number of rotatable bonds is 5. The molecule has 0 aliphatic carbocycles. The van der Waals surface area contributed by atoms with Crippen molar-refractivity contribution in [1.82, 2.24) is 4.90 Å². The van der Waals surface area contributed by atoms with E-state index in [1.807, 2.05) is 13.8 Å². The zero-order valence-electron chi connectivity index (χ0n) is 15.4. The van der Waals surface area contributed by atoms with E-state index >= 15 is 0 Å². The van der Waals surface area contributed by atoms with Gasteiger partial charge >= 0.3 is 5.97 Å². The molecule has 2 atom stereocenters. The Kier molecular flexibility index (Phi) is 6.19. The van der Waals surface area contributed by atoms with Gasteiger partial charge in [0.1, 0.15) is 4.90 Å². The lowest BCUT2D eigenvalue weighted by Crippen LogP contribution is -2.49. The van der Waals surface area contributed by atoms with Gasteiger partial charge in [0.15, 0.2) is 16.4 Å². The third kappa shape index (κ3) is 4.82. The highest BCUT2D eigenvalue weighted by Gasteiger charge is 2.30. The number of benzene rings is 1. The quantitative estimate of drug-likeness (QED) is 0.422. The molecule has 1 aliphatic heterocycles. The number of esters is 1. The Bertz CT molecular complexity index is 856. The molecule has 27 heavy (non-hydrogen) atoms. The van der Waals surface area contributed by atoms with Gasteiger partial charge in [-0.25, -0.2) is 13.2 Å². The molecule has 0 saturated carbocycles. The summed E-state index contributed by atoms with van der Waals surface area (Å²) in [5.74, 6) is -1.26. The molecule has 1 saturated heterocycles. The molecule has 0 spiro atoms. The Labute approximate surface area is 157 Å². The van der Waals surface area contributed by atoms with Crippen molar-refractivity contribution in [2.45, 2.75) is 50.1 Å². The molecular formula is C17H22N2O7S. The van der Waals surface area contributed by atoms with Crippen molar-refractivity contribution in [2.24, 2.45) is 0 Å². The maximum Gasteiger partial charge on any atom is 0.338 e. The zero-order chi connectivity index (χ0) is 20.4. The molecule has 9 nitrogen and oxygen atoms in total. The van der Waals surface area contributed by atoms with Crippen LogP contribution >= 0.6 is 0 Å². The molecule has 10 heteroatoms. The van der Waals surface area contributed by atoms with E-state index in [0.29, 0.717) is 0 Å². The highest BCUT2D eigenvalue weighted by atomic mass is 32.2. The standard InChI is InChI=1S/C17H22N2O7S/c1-11-5-4-6-12(2)18(11)16(20)10-26-17(21)13-7-8-15(27(3,24)25)14(9-13)19(22)23/h7-9,11-12H,4-6,10H2,1-3H3/t11-,12-/m1/s1. The first-order chi connectivity index (χ1) is 12.5. The van der Waals surface area contributed by atoms with Gasteiger partial charge in [-0.15, -0.1) is 0 Å². The van der Waals surface area contributed by atoms with Gasteiger partial charge in [0.25, 0.3) is 11.6 Å². The fraction of sp³-hybridized carbons (Fsp3) is 0.529. The van der Waals surface area contributed by atoms with E-state index in [1.54, 1.807) is 4.90 Å². The lowest BCUT2D eigenvalue weighted by molar-refractivity contribution is -0.387. The van der Waals surface area contributed by atoms with E-state index < -0.39 is 37.9 Å². The zero-order valence-corrected chi connectivity index (χ0v) is 16.2. The summed E-state index contributed by atoms with van der Waals surface area (Å²) in [7, 11) is -3.83. The Hall–Kier alpha value is -2.49. The van der Waals surface area contributed by atoms with E-state index in [2.05, 4.69) is 0 Å².